The SMILES string of the molecule is CCCC1(CC#N)C(=O)N(Cc2ccccc2)c2ccccc21. The molecule has 1 heterocycles. The van der Waals surface area contributed by atoms with Gasteiger partial charge in [-0.15, -0.1) is 0 Å². The molecule has 0 saturated heterocycles. The zero-order chi connectivity index (χ0) is 16.3. The quantitative estimate of drug-likeness (QED) is 0.831. The van der Waals surface area contributed by atoms with Crippen molar-refractivity contribution in [2.24, 2.45) is 0 Å². The van der Waals surface area contributed by atoms with Gasteiger partial charge in [-0.05, 0) is 23.6 Å². The van der Waals surface area contributed by atoms with Gasteiger partial charge >= 0.3 is 0 Å². The fourth-order valence-electron chi connectivity index (χ4n) is 3.58. The van der Waals surface area contributed by atoms with Crippen molar-refractivity contribution < 1.29 is 4.79 Å². The largest absolute Gasteiger partial charge is 0.307 e. The molecule has 116 valence electrons. The van der Waals surface area contributed by atoms with Gasteiger partial charge in [0.2, 0.25) is 5.91 Å². The molecule has 2 aromatic rings. The molecule has 0 aromatic heterocycles. The number of para-hydroxylation sites is 1. The van der Waals surface area contributed by atoms with Crippen molar-refractivity contribution in [3.05, 3.63) is 65.7 Å². The lowest BCUT2D eigenvalue weighted by atomic mass is 9.75. The van der Waals surface area contributed by atoms with E-state index < -0.39 is 5.41 Å². The van der Waals surface area contributed by atoms with Gasteiger partial charge < -0.3 is 4.90 Å². The van der Waals surface area contributed by atoms with Crippen LogP contribution in [0.25, 0.3) is 0 Å². The number of nitriles is 1. The highest BCUT2D eigenvalue weighted by Gasteiger charge is 2.49. The average molecular weight is 304 g/mol. The maximum absolute atomic E-state index is 13.2. The van der Waals surface area contributed by atoms with Crippen LogP contribution in [0.2, 0.25) is 0 Å². The summed E-state index contributed by atoms with van der Waals surface area (Å²) in [7, 11) is 0. The highest BCUT2D eigenvalue weighted by atomic mass is 16.2. The maximum atomic E-state index is 13.2. The van der Waals surface area contributed by atoms with Gasteiger partial charge in [-0.1, -0.05) is 61.9 Å². The van der Waals surface area contributed by atoms with Crippen LogP contribution >= 0.6 is 0 Å². The zero-order valence-corrected chi connectivity index (χ0v) is 13.3. The summed E-state index contributed by atoms with van der Waals surface area (Å²) in [6.07, 6.45) is 1.82. The Kier molecular flexibility index (Phi) is 4.16. The Bertz CT molecular complexity index is 748. The highest BCUT2D eigenvalue weighted by Crippen LogP contribution is 2.47. The van der Waals surface area contributed by atoms with Crippen LogP contribution in [-0.2, 0) is 16.8 Å². The maximum Gasteiger partial charge on any atom is 0.239 e. The highest BCUT2D eigenvalue weighted by molar-refractivity contribution is 6.08. The van der Waals surface area contributed by atoms with Crippen molar-refractivity contribution in [2.75, 3.05) is 4.90 Å². The summed E-state index contributed by atoms with van der Waals surface area (Å²) in [5.74, 6) is 0.0611. The van der Waals surface area contributed by atoms with Crippen LogP contribution in [0.4, 0.5) is 5.69 Å². The lowest BCUT2D eigenvalue weighted by Gasteiger charge is -2.26. The van der Waals surface area contributed by atoms with Gasteiger partial charge in [-0.2, -0.15) is 5.26 Å². The Morgan fingerprint density at radius 1 is 1.09 bits per heavy atom. The molecule has 0 radical (unpaired) electrons. The van der Waals surface area contributed by atoms with Crippen LogP contribution in [0.5, 0.6) is 0 Å². The van der Waals surface area contributed by atoms with Crippen LogP contribution in [0, 0.1) is 11.3 Å². The third kappa shape index (κ3) is 2.51. The molecule has 0 saturated carbocycles. The Morgan fingerprint density at radius 2 is 1.78 bits per heavy atom. The molecule has 0 N–H and O–H groups in total. The molecule has 1 aliphatic rings. The van der Waals surface area contributed by atoms with Crippen molar-refractivity contribution in [3.63, 3.8) is 0 Å². The topological polar surface area (TPSA) is 44.1 Å². The standard InChI is InChI=1S/C20H20N2O/c1-2-12-20(13-14-21)17-10-6-7-11-18(17)22(19(20)23)15-16-8-4-3-5-9-16/h3-11H,2,12-13,15H2,1H3. The second-order valence-electron chi connectivity index (χ2n) is 6.06. The molecule has 1 aliphatic heterocycles. The number of benzene rings is 2. The van der Waals surface area contributed by atoms with Crippen molar-refractivity contribution in [3.8, 4) is 6.07 Å². The minimum absolute atomic E-state index is 0.0611. The van der Waals surface area contributed by atoms with Gasteiger partial charge in [0.05, 0.1) is 24.4 Å². The van der Waals surface area contributed by atoms with Crippen LogP contribution < -0.4 is 4.90 Å². The number of fused-ring (bicyclic) bond motifs is 1. The molecule has 1 unspecified atom stereocenters. The normalized spacial score (nSPS) is 19.5. The third-order valence-electron chi connectivity index (χ3n) is 4.61. The first kappa shape index (κ1) is 15.3. The van der Waals surface area contributed by atoms with Crippen molar-refractivity contribution >= 4 is 11.6 Å². The first-order valence-corrected chi connectivity index (χ1v) is 8.05. The number of carbonyl (C=O) groups is 1. The van der Waals surface area contributed by atoms with E-state index in [9.17, 15) is 10.1 Å². The number of nitrogens with zero attached hydrogens (tertiary/aromatic N) is 2. The number of hydrogen-bond acceptors (Lipinski definition) is 2. The van der Waals surface area contributed by atoms with Crippen LogP contribution in [0.15, 0.2) is 54.6 Å². The van der Waals surface area contributed by atoms with Crippen molar-refractivity contribution in [1.82, 2.24) is 0 Å². The minimum Gasteiger partial charge on any atom is -0.307 e. The Morgan fingerprint density at radius 3 is 2.48 bits per heavy atom. The lowest BCUT2D eigenvalue weighted by Crippen LogP contribution is -2.40. The van der Waals surface area contributed by atoms with Crippen molar-refractivity contribution in [1.29, 1.82) is 5.26 Å². The number of rotatable bonds is 5. The van der Waals surface area contributed by atoms with Crippen LogP contribution in [0.1, 0.15) is 37.3 Å². The smallest absolute Gasteiger partial charge is 0.239 e. The number of anilines is 1. The molecule has 0 aliphatic carbocycles. The second kappa shape index (κ2) is 6.26. The van der Waals surface area contributed by atoms with E-state index >= 15 is 0 Å². The van der Waals surface area contributed by atoms with Gasteiger partial charge in [-0.25, -0.2) is 0 Å². The summed E-state index contributed by atoms with van der Waals surface area (Å²) in [6.45, 7) is 2.61. The summed E-state index contributed by atoms with van der Waals surface area (Å²) < 4.78 is 0. The molecule has 3 nitrogen and oxygen atoms in total. The molecular weight excluding hydrogens is 284 g/mol. The van der Waals surface area contributed by atoms with Gasteiger partial charge in [-0.3, -0.25) is 4.79 Å². The number of amides is 1. The van der Waals surface area contributed by atoms with E-state index in [-0.39, 0.29) is 12.3 Å². The fraction of sp³-hybridized carbons (Fsp3) is 0.300. The van der Waals surface area contributed by atoms with Gasteiger partial charge in [0.25, 0.3) is 0 Å². The fourth-order valence-corrected chi connectivity index (χ4v) is 3.58. The summed E-state index contributed by atoms with van der Waals surface area (Å²) in [5.41, 5.74) is 2.36. The van der Waals surface area contributed by atoms with Crippen LogP contribution in [0.3, 0.4) is 0 Å². The Hall–Kier alpha value is -2.60. The van der Waals surface area contributed by atoms with E-state index in [1.54, 1.807) is 0 Å². The first-order valence-electron chi connectivity index (χ1n) is 8.05. The average Bonchev–Trinajstić information content (AvgIpc) is 2.80. The monoisotopic (exact) mass is 304 g/mol. The summed E-state index contributed by atoms with van der Waals surface area (Å²) in [4.78, 5) is 15.1. The molecule has 1 atom stereocenters. The summed E-state index contributed by atoms with van der Waals surface area (Å²) >= 11 is 0. The minimum atomic E-state index is -0.686. The van der Waals surface area contributed by atoms with Gasteiger partial charge in [0.1, 0.15) is 0 Å². The van der Waals surface area contributed by atoms with E-state index in [0.717, 1.165) is 23.2 Å². The molecule has 0 spiro atoms. The van der Waals surface area contributed by atoms with E-state index in [0.29, 0.717) is 13.0 Å². The van der Waals surface area contributed by atoms with Crippen molar-refractivity contribution in [2.45, 2.75) is 38.1 Å². The first-order chi connectivity index (χ1) is 11.2. The predicted octanol–water partition coefficient (Wildman–Crippen LogP) is 4.18. The molecule has 3 heteroatoms. The molecule has 1 amide bonds. The van der Waals surface area contributed by atoms with Crippen LogP contribution in [-0.4, -0.2) is 5.91 Å². The molecular formula is C20H20N2O. The summed E-state index contributed by atoms with van der Waals surface area (Å²) in [5, 5.41) is 9.32. The van der Waals surface area contributed by atoms with E-state index in [1.807, 2.05) is 59.5 Å². The van der Waals surface area contributed by atoms with Gasteiger partial charge in [0.15, 0.2) is 0 Å². The second-order valence-corrected chi connectivity index (χ2v) is 6.06. The molecule has 0 bridgehead atoms. The third-order valence-corrected chi connectivity index (χ3v) is 4.61. The summed E-state index contributed by atoms with van der Waals surface area (Å²) in [6, 6.07) is 20.1. The molecule has 0 fully saturated rings. The number of carbonyl (C=O) groups excluding carboxylic acids is 1. The molecule has 3 rings (SSSR count). The van der Waals surface area contributed by atoms with E-state index in [1.165, 1.54) is 0 Å². The predicted molar refractivity (Wildman–Crippen MR) is 90.9 cm³/mol. The molecule has 2 aromatic carbocycles. The zero-order valence-electron chi connectivity index (χ0n) is 13.3. The Balaban J connectivity index is 2.06. The molecule has 23 heavy (non-hydrogen) atoms. The lowest BCUT2D eigenvalue weighted by molar-refractivity contribution is -0.123. The van der Waals surface area contributed by atoms with E-state index in [2.05, 4.69) is 13.0 Å². The Labute approximate surface area is 137 Å². The van der Waals surface area contributed by atoms with E-state index in [4.69, 9.17) is 0 Å². The van der Waals surface area contributed by atoms with Gasteiger partial charge in [0, 0.05) is 5.69 Å². The number of hydrogen-bond donors (Lipinski definition) is 0.